The highest BCUT2D eigenvalue weighted by molar-refractivity contribution is 7.08. The molecule has 0 aromatic carbocycles. The Morgan fingerprint density at radius 2 is 1.77 bits per heavy atom. The van der Waals surface area contributed by atoms with Gasteiger partial charge in [0.05, 0.1) is 5.56 Å². The monoisotopic (exact) mass is 320 g/mol. The molecule has 0 spiro atoms. The van der Waals surface area contributed by atoms with Crippen LogP contribution in [0.4, 0.5) is 0 Å². The highest BCUT2D eigenvalue weighted by atomic mass is 32.1. The molecule has 2 heterocycles. The van der Waals surface area contributed by atoms with Crippen LogP contribution in [0.3, 0.4) is 0 Å². The Bertz CT molecular complexity index is 501. The van der Waals surface area contributed by atoms with Gasteiger partial charge in [0.15, 0.2) is 0 Å². The number of carbonyl (C=O) groups is 2. The number of rotatable bonds is 4. The Kier molecular flexibility index (Phi) is 5.13. The molecule has 1 saturated carbocycles. The lowest BCUT2D eigenvalue weighted by Gasteiger charge is -2.35. The lowest BCUT2D eigenvalue weighted by atomic mass is 10.0. The van der Waals surface area contributed by atoms with Crippen molar-refractivity contribution in [2.75, 3.05) is 26.2 Å². The van der Waals surface area contributed by atoms with Crippen LogP contribution in [0.1, 0.15) is 48.9 Å². The summed E-state index contributed by atoms with van der Waals surface area (Å²) in [5.74, 6) is 1.14. The van der Waals surface area contributed by atoms with Crippen molar-refractivity contribution < 1.29 is 9.59 Å². The largest absolute Gasteiger partial charge is 0.339 e. The smallest absolute Gasteiger partial charge is 0.254 e. The summed E-state index contributed by atoms with van der Waals surface area (Å²) in [7, 11) is 0. The van der Waals surface area contributed by atoms with E-state index < -0.39 is 0 Å². The molecule has 2 aliphatic rings. The van der Waals surface area contributed by atoms with Gasteiger partial charge in [-0.1, -0.05) is 25.7 Å². The number of hydrogen-bond acceptors (Lipinski definition) is 3. The second-order valence-corrected chi connectivity index (χ2v) is 7.15. The maximum Gasteiger partial charge on any atom is 0.254 e. The minimum absolute atomic E-state index is 0.0966. The van der Waals surface area contributed by atoms with Gasteiger partial charge in [0.2, 0.25) is 5.91 Å². The first kappa shape index (κ1) is 15.5. The number of hydrogen-bond donors (Lipinski definition) is 0. The van der Waals surface area contributed by atoms with E-state index in [1.165, 1.54) is 25.7 Å². The Hall–Kier alpha value is -1.36. The average molecular weight is 320 g/mol. The normalized spacial score (nSPS) is 19.6. The topological polar surface area (TPSA) is 40.6 Å². The van der Waals surface area contributed by atoms with Crippen molar-refractivity contribution in [3.63, 3.8) is 0 Å². The minimum atomic E-state index is 0.0966. The van der Waals surface area contributed by atoms with Crippen molar-refractivity contribution in [2.24, 2.45) is 5.92 Å². The van der Waals surface area contributed by atoms with Gasteiger partial charge in [-0.05, 0) is 23.8 Å². The summed E-state index contributed by atoms with van der Waals surface area (Å²) in [5, 5.41) is 3.82. The molecule has 0 unspecified atom stereocenters. The maximum atomic E-state index is 12.3. The highest BCUT2D eigenvalue weighted by Crippen LogP contribution is 2.28. The van der Waals surface area contributed by atoms with E-state index in [4.69, 9.17) is 0 Å². The third kappa shape index (κ3) is 3.69. The molecule has 3 rings (SSSR count). The number of piperazine rings is 1. The number of nitrogens with zero attached hydrogens (tertiary/aromatic N) is 2. The first-order chi connectivity index (χ1) is 10.7. The molecule has 0 N–H and O–H groups in total. The molecule has 0 bridgehead atoms. The van der Waals surface area contributed by atoms with Crippen molar-refractivity contribution in [3.05, 3.63) is 22.4 Å². The molecule has 0 radical (unpaired) electrons. The molecule has 22 heavy (non-hydrogen) atoms. The molecular formula is C17H24N2O2S. The lowest BCUT2D eigenvalue weighted by Crippen LogP contribution is -2.50. The predicted octanol–water partition coefficient (Wildman–Crippen LogP) is 3.00. The van der Waals surface area contributed by atoms with Gasteiger partial charge in [-0.25, -0.2) is 0 Å². The third-order valence-corrected chi connectivity index (χ3v) is 5.61. The number of amides is 2. The van der Waals surface area contributed by atoms with E-state index in [1.54, 1.807) is 11.3 Å². The standard InChI is InChI=1S/C17H24N2O2S/c20-16(6-5-14-3-1-2-4-14)18-8-10-19(11-9-18)17(21)15-7-12-22-13-15/h7,12-14H,1-6,8-11H2. The second kappa shape index (κ2) is 7.27. The predicted molar refractivity (Wildman–Crippen MR) is 88.0 cm³/mol. The van der Waals surface area contributed by atoms with Crippen LogP contribution in [-0.2, 0) is 4.79 Å². The zero-order chi connectivity index (χ0) is 15.4. The summed E-state index contributed by atoms with van der Waals surface area (Å²) >= 11 is 1.54. The SMILES string of the molecule is O=C(CCC1CCCC1)N1CCN(C(=O)c2ccsc2)CC1. The molecular weight excluding hydrogens is 296 g/mol. The third-order valence-electron chi connectivity index (χ3n) is 4.93. The highest BCUT2D eigenvalue weighted by Gasteiger charge is 2.25. The van der Waals surface area contributed by atoms with Gasteiger partial charge in [-0.2, -0.15) is 11.3 Å². The van der Waals surface area contributed by atoms with Crippen molar-refractivity contribution in [3.8, 4) is 0 Å². The Labute approximate surface area is 136 Å². The number of thiophene rings is 1. The lowest BCUT2D eigenvalue weighted by molar-refractivity contribution is -0.133. The van der Waals surface area contributed by atoms with E-state index in [2.05, 4.69) is 0 Å². The molecule has 5 heteroatoms. The fraction of sp³-hybridized carbons (Fsp3) is 0.647. The van der Waals surface area contributed by atoms with Crippen molar-refractivity contribution in [1.82, 2.24) is 9.80 Å². The molecule has 1 aromatic heterocycles. The van der Waals surface area contributed by atoms with E-state index >= 15 is 0 Å². The molecule has 1 saturated heterocycles. The van der Waals surface area contributed by atoms with Crippen LogP contribution in [0.5, 0.6) is 0 Å². The molecule has 1 aliphatic carbocycles. The van der Waals surface area contributed by atoms with Gasteiger partial charge >= 0.3 is 0 Å². The van der Waals surface area contributed by atoms with Gasteiger partial charge in [-0.15, -0.1) is 0 Å². The summed E-state index contributed by atoms with van der Waals surface area (Å²) in [5.41, 5.74) is 0.769. The summed E-state index contributed by atoms with van der Waals surface area (Å²) in [4.78, 5) is 28.4. The van der Waals surface area contributed by atoms with Crippen LogP contribution in [0.15, 0.2) is 16.8 Å². The van der Waals surface area contributed by atoms with Gasteiger partial charge in [0.25, 0.3) is 5.91 Å². The summed E-state index contributed by atoms with van der Waals surface area (Å²) in [6, 6.07) is 1.87. The fourth-order valence-corrected chi connectivity index (χ4v) is 4.14. The summed E-state index contributed by atoms with van der Waals surface area (Å²) in [6.07, 6.45) is 7.01. The van der Waals surface area contributed by atoms with E-state index in [9.17, 15) is 9.59 Å². The molecule has 0 atom stereocenters. The van der Waals surface area contributed by atoms with Crippen LogP contribution < -0.4 is 0 Å². The van der Waals surface area contributed by atoms with Gasteiger partial charge in [0.1, 0.15) is 0 Å². The molecule has 2 amide bonds. The first-order valence-electron chi connectivity index (χ1n) is 8.33. The van der Waals surface area contributed by atoms with Crippen LogP contribution in [0.2, 0.25) is 0 Å². The molecule has 1 aliphatic heterocycles. The van der Waals surface area contributed by atoms with Gasteiger partial charge < -0.3 is 9.80 Å². The van der Waals surface area contributed by atoms with Crippen LogP contribution in [0.25, 0.3) is 0 Å². The van der Waals surface area contributed by atoms with E-state index in [0.717, 1.165) is 17.9 Å². The molecule has 4 nitrogen and oxygen atoms in total. The fourth-order valence-electron chi connectivity index (χ4n) is 3.51. The van der Waals surface area contributed by atoms with E-state index in [0.29, 0.717) is 32.6 Å². The van der Waals surface area contributed by atoms with Crippen molar-refractivity contribution in [2.45, 2.75) is 38.5 Å². The molecule has 120 valence electrons. The van der Waals surface area contributed by atoms with Crippen LogP contribution >= 0.6 is 11.3 Å². The maximum absolute atomic E-state index is 12.3. The minimum Gasteiger partial charge on any atom is -0.339 e. The quantitative estimate of drug-likeness (QED) is 0.855. The van der Waals surface area contributed by atoms with E-state index in [-0.39, 0.29) is 11.8 Å². The van der Waals surface area contributed by atoms with E-state index in [1.807, 2.05) is 26.6 Å². The number of carbonyl (C=O) groups excluding carboxylic acids is 2. The van der Waals surface area contributed by atoms with Crippen LogP contribution in [-0.4, -0.2) is 47.8 Å². The van der Waals surface area contributed by atoms with Gasteiger partial charge in [-0.3, -0.25) is 9.59 Å². The Balaban J connectivity index is 1.42. The van der Waals surface area contributed by atoms with Gasteiger partial charge in [0, 0.05) is 38.0 Å². The second-order valence-electron chi connectivity index (χ2n) is 6.37. The summed E-state index contributed by atoms with van der Waals surface area (Å²) in [6.45, 7) is 2.67. The van der Waals surface area contributed by atoms with Crippen molar-refractivity contribution in [1.29, 1.82) is 0 Å². The zero-order valence-corrected chi connectivity index (χ0v) is 13.8. The molecule has 1 aromatic rings. The van der Waals surface area contributed by atoms with Crippen LogP contribution in [0, 0.1) is 5.92 Å². The summed E-state index contributed by atoms with van der Waals surface area (Å²) < 4.78 is 0. The average Bonchev–Trinajstić information content (AvgIpc) is 3.25. The first-order valence-corrected chi connectivity index (χ1v) is 9.27. The molecule has 2 fully saturated rings. The Morgan fingerprint density at radius 1 is 1.09 bits per heavy atom. The zero-order valence-electron chi connectivity index (χ0n) is 13.0. The van der Waals surface area contributed by atoms with Crippen molar-refractivity contribution >= 4 is 23.2 Å². The Morgan fingerprint density at radius 3 is 2.41 bits per heavy atom.